The number of ether oxygens (including phenoxy) is 2. The Labute approximate surface area is 123 Å². The second-order valence-electron chi connectivity index (χ2n) is 5.35. The predicted molar refractivity (Wildman–Crippen MR) is 71.9 cm³/mol. The molecule has 0 aromatic heterocycles. The molecule has 0 bridgehead atoms. The first-order valence-electron chi connectivity index (χ1n) is 7.33. The number of rotatable bonds is 8. The maximum absolute atomic E-state index is 12.1. The summed E-state index contributed by atoms with van der Waals surface area (Å²) in [4.78, 5) is 12.1. The van der Waals surface area contributed by atoms with Gasteiger partial charge < -0.3 is 14.8 Å². The van der Waals surface area contributed by atoms with Crippen LogP contribution in [0.4, 0.5) is 13.2 Å². The van der Waals surface area contributed by atoms with Crippen LogP contribution in [0.2, 0.25) is 0 Å². The summed E-state index contributed by atoms with van der Waals surface area (Å²) in [7, 11) is 1.36. The van der Waals surface area contributed by atoms with E-state index in [1.54, 1.807) is 0 Å². The molecule has 0 aromatic carbocycles. The molecule has 1 saturated carbocycles. The number of nitrogens with one attached hydrogen (secondary N) is 1. The number of hydrogen-bond acceptors (Lipinski definition) is 4. The van der Waals surface area contributed by atoms with E-state index in [-0.39, 0.29) is 25.1 Å². The zero-order chi connectivity index (χ0) is 15.9. The second-order valence-corrected chi connectivity index (χ2v) is 5.35. The minimum absolute atomic E-state index is 0.0378. The van der Waals surface area contributed by atoms with E-state index in [9.17, 15) is 18.0 Å². The number of alkyl halides is 3. The van der Waals surface area contributed by atoms with Gasteiger partial charge in [0.2, 0.25) is 0 Å². The average Bonchev–Trinajstić information content (AvgIpc) is 2.81. The van der Waals surface area contributed by atoms with Gasteiger partial charge in [-0.05, 0) is 31.7 Å². The molecule has 1 aliphatic rings. The standard InChI is InChI=1S/C14H24F3NO3/c1-3-18-13(12(19)20-2)7-4-5-11(13)6-9-21-10-8-14(15,16)17/h11,18H,3-10H2,1-2H3. The number of carbonyl (C=O) groups excluding carboxylic acids is 1. The quantitative estimate of drug-likeness (QED) is 0.553. The molecule has 0 spiro atoms. The molecule has 7 heteroatoms. The molecule has 1 aliphatic carbocycles. The topological polar surface area (TPSA) is 47.6 Å². The first-order valence-corrected chi connectivity index (χ1v) is 7.33. The molecule has 2 unspecified atom stereocenters. The van der Waals surface area contributed by atoms with Gasteiger partial charge in [0.1, 0.15) is 5.54 Å². The van der Waals surface area contributed by atoms with E-state index < -0.39 is 18.1 Å². The van der Waals surface area contributed by atoms with Crippen molar-refractivity contribution in [2.24, 2.45) is 5.92 Å². The summed E-state index contributed by atoms with van der Waals surface area (Å²) in [6.45, 7) is 2.45. The fourth-order valence-electron chi connectivity index (χ4n) is 3.06. The highest BCUT2D eigenvalue weighted by Gasteiger charge is 2.48. The van der Waals surface area contributed by atoms with Gasteiger partial charge in [-0.2, -0.15) is 13.2 Å². The van der Waals surface area contributed by atoms with E-state index in [1.807, 2.05) is 6.92 Å². The Hall–Kier alpha value is -0.820. The van der Waals surface area contributed by atoms with Crippen LogP contribution in [0.1, 0.15) is 39.0 Å². The third-order valence-corrected chi connectivity index (χ3v) is 4.00. The molecule has 1 fully saturated rings. The van der Waals surface area contributed by atoms with Crippen LogP contribution in [0.15, 0.2) is 0 Å². The van der Waals surface area contributed by atoms with Gasteiger partial charge in [0.15, 0.2) is 0 Å². The van der Waals surface area contributed by atoms with Crippen molar-refractivity contribution >= 4 is 5.97 Å². The summed E-state index contributed by atoms with van der Waals surface area (Å²) in [5, 5.41) is 3.21. The first-order chi connectivity index (χ1) is 9.85. The summed E-state index contributed by atoms with van der Waals surface area (Å²) in [6, 6.07) is 0. The highest BCUT2D eigenvalue weighted by molar-refractivity contribution is 5.81. The van der Waals surface area contributed by atoms with Crippen LogP contribution in [0, 0.1) is 5.92 Å². The Balaban J connectivity index is 2.46. The van der Waals surface area contributed by atoms with Crippen LogP contribution in [0.25, 0.3) is 0 Å². The number of esters is 1. The summed E-state index contributed by atoms with van der Waals surface area (Å²) < 4.78 is 46.0. The number of carbonyl (C=O) groups is 1. The van der Waals surface area contributed by atoms with Crippen LogP contribution in [0.5, 0.6) is 0 Å². The number of hydrogen-bond donors (Lipinski definition) is 1. The lowest BCUT2D eigenvalue weighted by atomic mass is 9.84. The molecule has 124 valence electrons. The van der Waals surface area contributed by atoms with Crippen molar-refractivity contribution in [3.63, 3.8) is 0 Å². The van der Waals surface area contributed by atoms with E-state index in [4.69, 9.17) is 9.47 Å². The highest BCUT2D eigenvalue weighted by atomic mass is 19.4. The van der Waals surface area contributed by atoms with Crippen molar-refractivity contribution in [2.75, 3.05) is 26.9 Å². The van der Waals surface area contributed by atoms with E-state index in [1.165, 1.54) is 7.11 Å². The van der Waals surface area contributed by atoms with Crippen LogP contribution >= 0.6 is 0 Å². The number of likely N-dealkylation sites (N-methyl/N-ethyl adjacent to an activating group) is 1. The van der Waals surface area contributed by atoms with Crippen molar-refractivity contribution in [3.8, 4) is 0 Å². The lowest BCUT2D eigenvalue weighted by molar-refractivity contribution is -0.151. The number of methoxy groups -OCH3 is 1. The Kier molecular flexibility index (Phi) is 6.93. The maximum atomic E-state index is 12.1. The van der Waals surface area contributed by atoms with E-state index in [0.29, 0.717) is 19.4 Å². The molecule has 0 aromatic rings. The van der Waals surface area contributed by atoms with Gasteiger partial charge in [-0.25, -0.2) is 0 Å². The largest absolute Gasteiger partial charge is 0.468 e. The molecule has 0 amide bonds. The third-order valence-electron chi connectivity index (χ3n) is 4.00. The summed E-state index contributed by atoms with van der Waals surface area (Å²) in [5.41, 5.74) is -0.711. The van der Waals surface area contributed by atoms with E-state index >= 15 is 0 Å². The zero-order valence-electron chi connectivity index (χ0n) is 12.6. The summed E-state index contributed by atoms with van der Waals surface area (Å²) in [5.74, 6) is -0.252. The molecule has 1 rings (SSSR count). The lowest BCUT2D eigenvalue weighted by Gasteiger charge is -2.33. The predicted octanol–water partition coefficient (Wildman–Crippen LogP) is 2.67. The van der Waals surface area contributed by atoms with Gasteiger partial charge >= 0.3 is 12.1 Å². The Morgan fingerprint density at radius 2 is 2.10 bits per heavy atom. The summed E-state index contributed by atoms with van der Waals surface area (Å²) in [6.07, 6.45) is -2.12. The minimum atomic E-state index is -4.19. The Morgan fingerprint density at radius 3 is 2.67 bits per heavy atom. The molecule has 1 N–H and O–H groups in total. The molecule has 2 atom stereocenters. The Morgan fingerprint density at radius 1 is 1.38 bits per heavy atom. The average molecular weight is 311 g/mol. The zero-order valence-corrected chi connectivity index (χ0v) is 12.6. The van der Waals surface area contributed by atoms with Crippen molar-refractivity contribution in [1.82, 2.24) is 5.32 Å². The van der Waals surface area contributed by atoms with E-state index in [0.717, 1.165) is 12.8 Å². The Bertz CT molecular complexity index is 336. The fraction of sp³-hybridized carbons (Fsp3) is 0.929. The van der Waals surface area contributed by atoms with Crippen molar-refractivity contribution in [3.05, 3.63) is 0 Å². The first kappa shape index (κ1) is 18.2. The number of halogens is 3. The fourth-order valence-corrected chi connectivity index (χ4v) is 3.06. The normalized spacial score (nSPS) is 26.0. The van der Waals surface area contributed by atoms with Gasteiger partial charge in [0.25, 0.3) is 0 Å². The molecule has 0 saturated heterocycles. The van der Waals surface area contributed by atoms with Crippen LogP contribution in [-0.2, 0) is 14.3 Å². The molecule has 0 heterocycles. The van der Waals surface area contributed by atoms with Crippen molar-refractivity contribution < 1.29 is 27.4 Å². The van der Waals surface area contributed by atoms with Gasteiger partial charge in [-0.3, -0.25) is 4.79 Å². The third kappa shape index (κ3) is 5.14. The van der Waals surface area contributed by atoms with Crippen molar-refractivity contribution in [2.45, 2.75) is 50.7 Å². The van der Waals surface area contributed by atoms with Crippen LogP contribution in [0.3, 0.4) is 0 Å². The van der Waals surface area contributed by atoms with Crippen LogP contribution < -0.4 is 5.32 Å². The van der Waals surface area contributed by atoms with Gasteiger partial charge in [-0.15, -0.1) is 0 Å². The second kappa shape index (κ2) is 7.98. The summed E-state index contributed by atoms with van der Waals surface area (Å²) >= 11 is 0. The lowest BCUT2D eigenvalue weighted by Crippen LogP contribution is -2.55. The minimum Gasteiger partial charge on any atom is -0.468 e. The van der Waals surface area contributed by atoms with Gasteiger partial charge in [0, 0.05) is 6.61 Å². The maximum Gasteiger partial charge on any atom is 0.391 e. The highest BCUT2D eigenvalue weighted by Crippen LogP contribution is 2.39. The molecule has 0 radical (unpaired) electrons. The molecular formula is C14H24F3NO3. The molecular weight excluding hydrogens is 287 g/mol. The van der Waals surface area contributed by atoms with E-state index in [2.05, 4.69) is 5.32 Å². The SMILES string of the molecule is CCNC1(C(=O)OC)CCCC1CCOCCC(F)(F)F. The van der Waals surface area contributed by atoms with Gasteiger partial charge in [-0.1, -0.05) is 13.3 Å². The monoisotopic (exact) mass is 311 g/mol. The van der Waals surface area contributed by atoms with Gasteiger partial charge in [0.05, 0.1) is 20.1 Å². The van der Waals surface area contributed by atoms with Crippen LogP contribution in [-0.4, -0.2) is 44.6 Å². The smallest absolute Gasteiger partial charge is 0.391 e. The molecule has 4 nitrogen and oxygen atoms in total. The molecule has 21 heavy (non-hydrogen) atoms. The van der Waals surface area contributed by atoms with Crippen molar-refractivity contribution in [1.29, 1.82) is 0 Å². The molecule has 0 aliphatic heterocycles.